The van der Waals surface area contributed by atoms with Crippen LogP contribution in [0.4, 0.5) is 0 Å². The van der Waals surface area contributed by atoms with Gasteiger partial charge in [-0.05, 0) is 35.0 Å². The van der Waals surface area contributed by atoms with Gasteiger partial charge in [0, 0.05) is 37.6 Å². The van der Waals surface area contributed by atoms with Crippen molar-refractivity contribution in [3.05, 3.63) is 53.2 Å². The number of hydrogen-bond donors (Lipinski definition) is 1. The van der Waals surface area contributed by atoms with Crippen molar-refractivity contribution in [3.8, 4) is 0 Å². The molecule has 6 heteroatoms. The molecule has 0 spiro atoms. The van der Waals surface area contributed by atoms with E-state index in [1.807, 2.05) is 41.5 Å². The van der Waals surface area contributed by atoms with E-state index in [4.69, 9.17) is 0 Å². The first-order valence-electron chi connectivity index (χ1n) is 7.04. The first-order valence-corrected chi connectivity index (χ1v) is 7.84. The van der Waals surface area contributed by atoms with E-state index in [0.29, 0.717) is 6.04 Å². The molecule has 3 heterocycles. The minimum Gasteiger partial charge on any atom is -0.312 e. The lowest BCUT2D eigenvalue weighted by molar-refractivity contribution is 0.453. The van der Waals surface area contributed by atoms with Gasteiger partial charge in [-0.1, -0.05) is 6.07 Å². The number of hydrogen-bond acceptors (Lipinski definition) is 3. The maximum atomic E-state index is 4.60. The van der Waals surface area contributed by atoms with Gasteiger partial charge in [0.1, 0.15) is 5.65 Å². The highest BCUT2D eigenvalue weighted by Crippen LogP contribution is 2.07. The molecule has 0 aliphatic rings. The van der Waals surface area contributed by atoms with Gasteiger partial charge in [-0.15, -0.1) is 0 Å². The molecule has 0 bridgehead atoms. The maximum Gasteiger partial charge on any atom is 0.136 e. The van der Waals surface area contributed by atoms with Gasteiger partial charge in [0.25, 0.3) is 0 Å². The summed E-state index contributed by atoms with van der Waals surface area (Å²) in [6, 6.07) is 6.42. The quantitative estimate of drug-likeness (QED) is 0.745. The van der Waals surface area contributed by atoms with Crippen molar-refractivity contribution in [3.63, 3.8) is 0 Å². The number of imidazole rings is 1. The number of aromatic nitrogens is 4. The maximum absolute atomic E-state index is 4.60. The molecule has 0 radical (unpaired) electrons. The van der Waals surface area contributed by atoms with Crippen molar-refractivity contribution < 1.29 is 0 Å². The van der Waals surface area contributed by atoms with Gasteiger partial charge in [0.15, 0.2) is 0 Å². The molecule has 0 saturated carbocycles. The van der Waals surface area contributed by atoms with Gasteiger partial charge >= 0.3 is 0 Å². The van der Waals surface area contributed by atoms with Crippen LogP contribution in [0.5, 0.6) is 0 Å². The van der Waals surface area contributed by atoms with Crippen LogP contribution >= 0.6 is 15.9 Å². The summed E-state index contributed by atoms with van der Waals surface area (Å²) in [5, 5.41) is 7.77. The molecular formula is C15H18BrN5. The zero-order valence-electron chi connectivity index (χ0n) is 11.9. The SMILES string of the molecule is C[C@@H](Cn1cc(Br)cn1)NCCc1cn2ccccc2n1. The zero-order valence-corrected chi connectivity index (χ0v) is 13.5. The molecule has 1 atom stereocenters. The third-order valence-electron chi connectivity index (χ3n) is 3.35. The minimum atomic E-state index is 0.369. The highest BCUT2D eigenvalue weighted by Gasteiger charge is 2.05. The second-order valence-electron chi connectivity index (χ2n) is 5.18. The van der Waals surface area contributed by atoms with Crippen molar-refractivity contribution in [2.24, 2.45) is 0 Å². The molecule has 0 unspecified atom stereocenters. The Kier molecular flexibility index (Phi) is 4.36. The summed E-state index contributed by atoms with van der Waals surface area (Å²) in [4.78, 5) is 4.60. The van der Waals surface area contributed by atoms with Gasteiger partial charge in [-0.2, -0.15) is 5.10 Å². The van der Waals surface area contributed by atoms with Crippen LogP contribution in [-0.2, 0) is 13.0 Å². The summed E-state index contributed by atoms with van der Waals surface area (Å²) >= 11 is 3.41. The fraction of sp³-hybridized carbons (Fsp3) is 0.333. The van der Waals surface area contributed by atoms with E-state index in [0.717, 1.165) is 35.3 Å². The Labute approximate surface area is 132 Å². The molecule has 0 aromatic carbocycles. The number of nitrogens with one attached hydrogen (secondary N) is 1. The fourth-order valence-corrected chi connectivity index (χ4v) is 2.67. The van der Waals surface area contributed by atoms with Gasteiger partial charge in [0.05, 0.1) is 22.9 Å². The van der Waals surface area contributed by atoms with Crippen LogP contribution in [-0.4, -0.2) is 31.8 Å². The van der Waals surface area contributed by atoms with Crippen LogP contribution < -0.4 is 5.32 Å². The molecule has 21 heavy (non-hydrogen) atoms. The minimum absolute atomic E-state index is 0.369. The topological polar surface area (TPSA) is 47.2 Å². The van der Waals surface area contributed by atoms with E-state index in [-0.39, 0.29) is 0 Å². The monoisotopic (exact) mass is 347 g/mol. The van der Waals surface area contributed by atoms with Gasteiger partial charge in [-0.3, -0.25) is 4.68 Å². The highest BCUT2D eigenvalue weighted by atomic mass is 79.9. The molecule has 0 aliphatic heterocycles. The van der Waals surface area contributed by atoms with Crippen molar-refractivity contribution >= 4 is 21.6 Å². The van der Waals surface area contributed by atoms with Crippen molar-refractivity contribution in [2.45, 2.75) is 25.9 Å². The molecule has 3 rings (SSSR count). The first kappa shape index (κ1) is 14.3. The summed E-state index contributed by atoms with van der Waals surface area (Å²) in [5.74, 6) is 0. The molecule has 5 nitrogen and oxygen atoms in total. The number of halogens is 1. The van der Waals surface area contributed by atoms with Crippen LogP contribution in [0.3, 0.4) is 0 Å². The average Bonchev–Trinajstić information content (AvgIpc) is 3.04. The molecule has 0 amide bonds. The lowest BCUT2D eigenvalue weighted by Gasteiger charge is -2.13. The zero-order chi connectivity index (χ0) is 14.7. The summed E-state index contributed by atoms with van der Waals surface area (Å²) in [6.07, 6.45) is 8.84. The number of pyridine rings is 1. The van der Waals surface area contributed by atoms with Gasteiger partial charge < -0.3 is 9.72 Å². The fourth-order valence-electron chi connectivity index (χ4n) is 2.34. The van der Waals surface area contributed by atoms with Crippen LogP contribution in [0.15, 0.2) is 47.5 Å². The molecule has 1 N–H and O–H groups in total. The van der Waals surface area contributed by atoms with E-state index in [1.165, 1.54) is 0 Å². The van der Waals surface area contributed by atoms with Crippen LogP contribution in [0.1, 0.15) is 12.6 Å². The predicted octanol–water partition coefficient (Wildman–Crippen LogP) is 2.51. The molecule has 0 aliphatic carbocycles. The summed E-state index contributed by atoms with van der Waals surface area (Å²) in [6.45, 7) is 3.93. The summed E-state index contributed by atoms with van der Waals surface area (Å²) in [5.41, 5.74) is 2.12. The second kappa shape index (κ2) is 6.41. The number of fused-ring (bicyclic) bond motifs is 1. The Morgan fingerprint density at radius 2 is 2.24 bits per heavy atom. The lowest BCUT2D eigenvalue weighted by atomic mass is 10.3. The molecule has 110 valence electrons. The average molecular weight is 348 g/mol. The summed E-state index contributed by atoms with van der Waals surface area (Å²) < 4.78 is 5.01. The third kappa shape index (κ3) is 3.71. The van der Waals surface area contributed by atoms with Crippen LogP contribution in [0, 0.1) is 0 Å². The Bertz CT molecular complexity index is 685. The van der Waals surface area contributed by atoms with Crippen LogP contribution in [0.25, 0.3) is 5.65 Å². The van der Waals surface area contributed by atoms with Crippen LogP contribution in [0.2, 0.25) is 0 Å². The van der Waals surface area contributed by atoms with E-state index in [9.17, 15) is 0 Å². The molecule has 3 aromatic heterocycles. The number of rotatable bonds is 6. The van der Waals surface area contributed by atoms with E-state index in [2.05, 4.69) is 48.9 Å². The van der Waals surface area contributed by atoms with Crippen molar-refractivity contribution in [1.29, 1.82) is 0 Å². The normalized spacial score (nSPS) is 12.9. The Balaban J connectivity index is 1.49. The van der Waals surface area contributed by atoms with Gasteiger partial charge in [-0.25, -0.2) is 4.98 Å². The standard InChI is InChI=1S/C15H18BrN5/c1-12(9-21-10-13(16)8-18-21)17-6-5-14-11-20-7-3-2-4-15(20)19-14/h2-4,7-8,10-12,17H,5-6,9H2,1H3/t12-/m0/s1. The molecular weight excluding hydrogens is 330 g/mol. The Morgan fingerprint density at radius 3 is 3.00 bits per heavy atom. The molecule has 0 fully saturated rings. The Hall–Kier alpha value is -1.66. The van der Waals surface area contributed by atoms with Crippen molar-refractivity contribution in [2.75, 3.05) is 6.54 Å². The largest absolute Gasteiger partial charge is 0.312 e. The van der Waals surface area contributed by atoms with Gasteiger partial charge in [0.2, 0.25) is 0 Å². The Morgan fingerprint density at radius 1 is 1.33 bits per heavy atom. The first-order chi connectivity index (χ1) is 10.2. The summed E-state index contributed by atoms with van der Waals surface area (Å²) in [7, 11) is 0. The second-order valence-corrected chi connectivity index (χ2v) is 6.10. The number of nitrogens with zero attached hydrogens (tertiary/aromatic N) is 4. The molecule has 3 aromatic rings. The smallest absolute Gasteiger partial charge is 0.136 e. The highest BCUT2D eigenvalue weighted by molar-refractivity contribution is 9.10. The predicted molar refractivity (Wildman–Crippen MR) is 86.3 cm³/mol. The third-order valence-corrected chi connectivity index (χ3v) is 3.76. The molecule has 0 saturated heterocycles. The van der Waals surface area contributed by atoms with E-state index < -0.39 is 0 Å². The van der Waals surface area contributed by atoms with Crippen molar-refractivity contribution in [1.82, 2.24) is 24.5 Å². The van der Waals surface area contributed by atoms with E-state index >= 15 is 0 Å². The van der Waals surface area contributed by atoms with E-state index in [1.54, 1.807) is 0 Å². The lowest BCUT2D eigenvalue weighted by Crippen LogP contribution is -2.32.